The maximum Gasteiger partial charge on any atom is 0.417 e. The summed E-state index contributed by atoms with van der Waals surface area (Å²) in [5.41, 5.74) is 1.90. The molecule has 0 radical (unpaired) electrons. The van der Waals surface area contributed by atoms with Crippen molar-refractivity contribution in [3.8, 4) is 0 Å². The van der Waals surface area contributed by atoms with E-state index in [-0.39, 0.29) is 11.8 Å². The summed E-state index contributed by atoms with van der Waals surface area (Å²) in [6.45, 7) is 1.81. The van der Waals surface area contributed by atoms with Crippen molar-refractivity contribution in [2.45, 2.75) is 0 Å². The standard InChI is InChI=1S/C18H16N4O4/c23-16(12-3-4-14-15(10-12)26-18(25)20-14)21-6-8-22(9-7-21)17(24)13-2-1-5-19-11-13/h1-5,10-11H,6-9H2,(H,20,25). The van der Waals surface area contributed by atoms with Gasteiger partial charge < -0.3 is 14.2 Å². The number of carbonyl (C=O) groups excluding carboxylic acids is 2. The van der Waals surface area contributed by atoms with Crippen LogP contribution in [-0.2, 0) is 0 Å². The molecule has 1 fully saturated rings. The Morgan fingerprint density at radius 3 is 2.35 bits per heavy atom. The number of nitrogens with zero attached hydrogens (tertiary/aromatic N) is 3. The molecule has 1 N–H and O–H groups in total. The fourth-order valence-corrected chi connectivity index (χ4v) is 3.05. The molecular formula is C18H16N4O4. The van der Waals surface area contributed by atoms with Crippen molar-refractivity contribution >= 4 is 22.9 Å². The van der Waals surface area contributed by atoms with Crippen LogP contribution in [0.5, 0.6) is 0 Å². The SMILES string of the molecule is O=C(c1cccnc1)N1CCN(C(=O)c2ccc3[nH]c(=O)oc3c2)CC1. The number of carbonyl (C=O) groups is 2. The summed E-state index contributed by atoms with van der Waals surface area (Å²) >= 11 is 0. The maximum absolute atomic E-state index is 12.7. The molecule has 0 spiro atoms. The van der Waals surface area contributed by atoms with Crippen LogP contribution in [0.3, 0.4) is 0 Å². The molecule has 132 valence electrons. The van der Waals surface area contributed by atoms with Crippen LogP contribution in [0.25, 0.3) is 11.1 Å². The first-order chi connectivity index (χ1) is 12.6. The Morgan fingerprint density at radius 1 is 1.00 bits per heavy atom. The van der Waals surface area contributed by atoms with Crippen molar-refractivity contribution < 1.29 is 14.0 Å². The summed E-state index contributed by atoms with van der Waals surface area (Å²) in [5, 5.41) is 0. The quantitative estimate of drug-likeness (QED) is 0.745. The minimum Gasteiger partial charge on any atom is -0.408 e. The van der Waals surface area contributed by atoms with Crippen molar-refractivity contribution in [3.63, 3.8) is 0 Å². The fourth-order valence-electron chi connectivity index (χ4n) is 3.05. The molecule has 1 aromatic carbocycles. The number of rotatable bonds is 2. The van der Waals surface area contributed by atoms with E-state index >= 15 is 0 Å². The molecule has 0 bridgehead atoms. The van der Waals surface area contributed by atoms with Crippen LogP contribution in [0.15, 0.2) is 51.9 Å². The van der Waals surface area contributed by atoms with Gasteiger partial charge in [-0.25, -0.2) is 4.79 Å². The van der Waals surface area contributed by atoms with Gasteiger partial charge in [-0.15, -0.1) is 0 Å². The molecule has 1 saturated heterocycles. The predicted molar refractivity (Wildman–Crippen MR) is 92.9 cm³/mol. The van der Waals surface area contributed by atoms with E-state index < -0.39 is 5.76 Å². The second kappa shape index (κ2) is 6.47. The highest BCUT2D eigenvalue weighted by atomic mass is 16.4. The van der Waals surface area contributed by atoms with Crippen LogP contribution in [0.4, 0.5) is 0 Å². The highest BCUT2D eigenvalue weighted by Crippen LogP contribution is 2.16. The normalized spacial score (nSPS) is 14.6. The number of pyridine rings is 1. The van der Waals surface area contributed by atoms with Crippen molar-refractivity contribution in [1.82, 2.24) is 19.8 Å². The Kier molecular flexibility index (Phi) is 4.00. The van der Waals surface area contributed by atoms with Crippen molar-refractivity contribution in [2.24, 2.45) is 0 Å². The highest BCUT2D eigenvalue weighted by Gasteiger charge is 2.25. The van der Waals surface area contributed by atoms with Gasteiger partial charge in [0.2, 0.25) is 0 Å². The van der Waals surface area contributed by atoms with Gasteiger partial charge in [-0.3, -0.25) is 19.6 Å². The number of hydrogen-bond donors (Lipinski definition) is 1. The van der Waals surface area contributed by atoms with Crippen LogP contribution in [0.2, 0.25) is 0 Å². The average molecular weight is 352 g/mol. The zero-order chi connectivity index (χ0) is 18.1. The molecule has 3 aromatic rings. The lowest BCUT2D eigenvalue weighted by molar-refractivity contribution is 0.0535. The van der Waals surface area contributed by atoms with Crippen molar-refractivity contribution in [2.75, 3.05) is 26.2 Å². The Bertz CT molecular complexity index is 1020. The monoisotopic (exact) mass is 352 g/mol. The first-order valence-corrected chi connectivity index (χ1v) is 8.23. The third-order valence-corrected chi connectivity index (χ3v) is 4.43. The Morgan fingerprint density at radius 2 is 1.69 bits per heavy atom. The lowest BCUT2D eigenvalue weighted by Gasteiger charge is -2.34. The second-order valence-corrected chi connectivity index (χ2v) is 6.05. The fraction of sp³-hybridized carbons (Fsp3) is 0.222. The molecule has 0 saturated carbocycles. The molecular weight excluding hydrogens is 336 g/mol. The van der Waals surface area contributed by atoms with Gasteiger partial charge in [0, 0.05) is 44.1 Å². The summed E-state index contributed by atoms with van der Waals surface area (Å²) in [5.74, 6) is -0.780. The molecule has 8 nitrogen and oxygen atoms in total. The summed E-state index contributed by atoms with van der Waals surface area (Å²) in [6, 6.07) is 8.32. The van der Waals surface area contributed by atoms with Crippen LogP contribution in [-0.4, -0.2) is 57.8 Å². The average Bonchev–Trinajstić information content (AvgIpc) is 3.07. The lowest BCUT2D eigenvalue weighted by Crippen LogP contribution is -2.50. The Balaban J connectivity index is 1.44. The van der Waals surface area contributed by atoms with Crippen molar-refractivity contribution in [3.05, 3.63) is 64.4 Å². The van der Waals surface area contributed by atoms with Gasteiger partial charge in [-0.05, 0) is 30.3 Å². The number of piperazine rings is 1. The molecule has 2 amide bonds. The molecule has 1 aliphatic heterocycles. The van der Waals surface area contributed by atoms with Crippen LogP contribution >= 0.6 is 0 Å². The number of aromatic nitrogens is 2. The van der Waals surface area contributed by atoms with E-state index in [2.05, 4.69) is 9.97 Å². The molecule has 3 heterocycles. The summed E-state index contributed by atoms with van der Waals surface area (Å²) < 4.78 is 5.00. The number of nitrogens with one attached hydrogen (secondary N) is 1. The topological polar surface area (TPSA) is 99.5 Å². The zero-order valence-corrected chi connectivity index (χ0v) is 13.8. The van der Waals surface area contributed by atoms with Gasteiger partial charge in [0.15, 0.2) is 5.58 Å². The summed E-state index contributed by atoms with van der Waals surface area (Å²) in [4.78, 5) is 46.3. The smallest absolute Gasteiger partial charge is 0.408 e. The van der Waals surface area contributed by atoms with Gasteiger partial charge in [0.1, 0.15) is 0 Å². The number of benzene rings is 1. The zero-order valence-electron chi connectivity index (χ0n) is 13.8. The minimum atomic E-state index is -0.549. The lowest BCUT2D eigenvalue weighted by atomic mass is 10.1. The maximum atomic E-state index is 12.7. The van der Waals surface area contributed by atoms with Gasteiger partial charge in [-0.2, -0.15) is 0 Å². The van der Waals surface area contributed by atoms with Gasteiger partial charge in [0.05, 0.1) is 11.1 Å². The van der Waals surface area contributed by atoms with Gasteiger partial charge in [0.25, 0.3) is 11.8 Å². The van der Waals surface area contributed by atoms with E-state index in [0.717, 1.165) is 0 Å². The highest BCUT2D eigenvalue weighted by molar-refractivity contribution is 5.97. The van der Waals surface area contributed by atoms with Gasteiger partial charge >= 0.3 is 5.76 Å². The number of H-pyrrole nitrogens is 1. The second-order valence-electron chi connectivity index (χ2n) is 6.05. The first-order valence-electron chi connectivity index (χ1n) is 8.23. The van der Waals surface area contributed by atoms with Crippen LogP contribution < -0.4 is 5.76 Å². The number of hydrogen-bond acceptors (Lipinski definition) is 5. The van der Waals surface area contributed by atoms with E-state index in [4.69, 9.17) is 4.42 Å². The van der Waals surface area contributed by atoms with E-state index in [0.29, 0.717) is 48.4 Å². The third-order valence-electron chi connectivity index (χ3n) is 4.43. The summed E-state index contributed by atoms with van der Waals surface area (Å²) in [7, 11) is 0. The third kappa shape index (κ3) is 2.97. The number of amides is 2. The van der Waals surface area contributed by atoms with E-state index in [1.54, 1.807) is 52.5 Å². The molecule has 0 aliphatic carbocycles. The molecule has 2 aromatic heterocycles. The van der Waals surface area contributed by atoms with Gasteiger partial charge in [-0.1, -0.05) is 0 Å². The molecule has 26 heavy (non-hydrogen) atoms. The Hall–Kier alpha value is -3.42. The minimum absolute atomic E-state index is 0.0827. The van der Waals surface area contributed by atoms with E-state index in [1.807, 2.05) is 0 Å². The van der Waals surface area contributed by atoms with Crippen molar-refractivity contribution in [1.29, 1.82) is 0 Å². The molecule has 0 atom stereocenters. The van der Waals surface area contributed by atoms with E-state index in [1.165, 1.54) is 0 Å². The number of oxazole rings is 1. The summed E-state index contributed by atoms with van der Waals surface area (Å²) in [6.07, 6.45) is 3.16. The number of fused-ring (bicyclic) bond motifs is 1. The molecule has 4 rings (SSSR count). The molecule has 1 aliphatic rings. The first kappa shape index (κ1) is 16.1. The number of aromatic amines is 1. The molecule has 0 unspecified atom stereocenters. The largest absolute Gasteiger partial charge is 0.417 e. The van der Waals surface area contributed by atoms with Crippen LogP contribution in [0.1, 0.15) is 20.7 Å². The van der Waals surface area contributed by atoms with Crippen LogP contribution in [0, 0.1) is 0 Å². The predicted octanol–water partition coefficient (Wildman–Crippen LogP) is 1.11. The van der Waals surface area contributed by atoms with E-state index in [9.17, 15) is 14.4 Å². The molecule has 8 heteroatoms. The Labute approximate surface area is 148 Å².